The number of aromatic amines is 1. The van der Waals surface area contributed by atoms with Gasteiger partial charge < -0.3 is 25.5 Å². The van der Waals surface area contributed by atoms with Gasteiger partial charge in [-0.1, -0.05) is 81.0 Å². The molecule has 0 bridgehead atoms. The van der Waals surface area contributed by atoms with E-state index in [0.717, 1.165) is 4.85 Å². The molecule has 59 heavy (non-hydrogen) atoms. The lowest BCUT2D eigenvalue weighted by atomic mass is 10.3. The van der Waals surface area contributed by atoms with Crippen molar-refractivity contribution < 1.29 is 62.2 Å². The maximum absolute atomic E-state index is 12.2. The van der Waals surface area contributed by atoms with Crippen molar-refractivity contribution in [3.05, 3.63) is 148 Å². The summed E-state index contributed by atoms with van der Waals surface area (Å²) in [4.78, 5) is 43.4. The van der Waals surface area contributed by atoms with Crippen LogP contribution in [0.5, 0.6) is 17.2 Å². The molecule has 6 aromatic rings. The average Bonchev–Trinajstić information content (AvgIpc) is 3.76. The molecule has 3 heterocycles. The number of rotatable bonds is 1. The van der Waals surface area contributed by atoms with E-state index in [1.807, 2.05) is 12.1 Å². The van der Waals surface area contributed by atoms with Crippen LogP contribution in [0.15, 0.2) is 77.7 Å². The van der Waals surface area contributed by atoms with Gasteiger partial charge in [-0.2, -0.15) is 13.8 Å². The van der Waals surface area contributed by atoms with Crippen molar-refractivity contribution in [3.8, 4) is 17.2 Å². The van der Waals surface area contributed by atoms with Gasteiger partial charge in [-0.15, -0.1) is 5.10 Å². The number of non-ortho nitro benzene ring substituents is 1. The van der Waals surface area contributed by atoms with Gasteiger partial charge in [-0.3, -0.25) is 29.7 Å². The molecule has 1 aliphatic heterocycles. The Morgan fingerprint density at radius 2 is 1.10 bits per heavy atom. The second kappa shape index (κ2) is 22.8. The molecule has 6 N–H and O–H groups in total. The number of carbonyl (C=O) groups is 2. The highest BCUT2D eigenvalue weighted by atomic mass is 35.5. The van der Waals surface area contributed by atoms with E-state index in [0.29, 0.717) is 11.0 Å². The molecule has 314 valence electrons. The van der Waals surface area contributed by atoms with Crippen LogP contribution in [-0.4, -0.2) is 67.7 Å². The minimum absolute atomic E-state index is 0.00904. The Labute approximate surface area is 350 Å². The molecule has 1 fully saturated rings. The van der Waals surface area contributed by atoms with E-state index in [2.05, 4.69) is 15.3 Å². The number of fused-ring (bicyclic) bond motifs is 1. The van der Waals surface area contributed by atoms with Crippen LogP contribution in [0.1, 0.15) is 12.8 Å². The molecule has 4 aromatic carbocycles. The monoisotopic (exact) mass is 932 g/mol. The number of imide groups is 1. The number of phenolic OH excluding ortho intramolecular Hbond substituents is 3. The first-order valence-corrected chi connectivity index (χ1v) is 17.0. The van der Waals surface area contributed by atoms with Crippen LogP contribution in [0.2, 0.25) is 25.1 Å². The van der Waals surface area contributed by atoms with Gasteiger partial charge in [0, 0.05) is 37.2 Å². The van der Waals surface area contributed by atoms with Crippen LogP contribution < -0.4 is 5.56 Å². The number of amides is 2. The van der Waals surface area contributed by atoms with E-state index in [1.165, 1.54) is 30.3 Å². The molecule has 1 aliphatic rings. The van der Waals surface area contributed by atoms with E-state index in [4.69, 9.17) is 78.6 Å². The Hall–Kier alpha value is -5.97. The number of halogens is 10. The number of nitrogens with zero attached hydrogens (tertiary/aromatic N) is 5. The van der Waals surface area contributed by atoms with E-state index in [9.17, 15) is 51.6 Å². The predicted molar refractivity (Wildman–Crippen MR) is 200 cm³/mol. The number of benzene rings is 4. The summed E-state index contributed by atoms with van der Waals surface area (Å²) in [6.45, 7) is 0. The first-order valence-electron chi connectivity index (χ1n) is 15.1. The fourth-order valence-corrected chi connectivity index (χ4v) is 4.69. The lowest BCUT2D eigenvalue weighted by molar-refractivity contribution is -0.384. The average molecular weight is 935 g/mol. The summed E-state index contributed by atoms with van der Waals surface area (Å²) in [5, 5.41) is 60.7. The zero-order chi connectivity index (χ0) is 44.7. The van der Waals surface area contributed by atoms with E-state index < -0.39 is 51.6 Å². The molecule has 0 spiro atoms. The Bertz CT molecular complexity index is 2190. The Balaban J connectivity index is 0.000000246. The van der Waals surface area contributed by atoms with Gasteiger partial charge in [-0.05, 0) is 35.5 Å². The van der Waals surface area contributed by atoms with Gasteiger partial charge in [0.1, 0.15) is 26.8 Å². The summed E-state index contributed by atoms with van der Waals surface area (Å²) in [6, 6.07) is 17.2. The third-order valence-electron chi connectivity index (χ3n) is 6.47. The van der Waals surface area contributed by atoms with Crippen LogP contribution in [-0.2, 0) is 9.59 Å². The van der Waals surface area contributed by atoms with Crippen LogP contribution in [0.4, 0.5) is 27.6 Å². The standard InChI is InChI=1S/C6HCl5O.C6HF5O.C6H5N3O.C6H5NO3.C5H5NO.C4H5NO3/c2*7-1-2(8)4(10)6(12)5(11)3(1)9;10-9-6-4-2-1-3-5(6)7-8-9;8-6-3-1-5(2-4-6)7(9)10;7-5-3-1-2-4-6-5;6-3-1-2-4(7)5(3)8/h2*12H;1-4,10H;1-4,8H;1-4H,(H,6,7);8H,1-2H2. The molecule has 7 rings (SSSR count). The summed E-state index contributed by atoms with van der Waals surface area (Å²) in [5.74, 6) is -14.3. The minimum atomic E-state index is -2.29. The van der Waals surface area contributed by atoms with Gasteiger partial charge in [-0.25, -0.2) is 13.2 Å². The Morgan fingerprint density at radius 1 is 0.644 bits per heavy atom. The molecular formula is C33H22Cl5F5N6O10. The second-order valence-electron chi connectivity index (χ2n) is 10.4. The number of aromatic hydroxyl groups is 3. The van der Waals surface area contributed by atoms with Crippen LogP contribution in [0.3, 0.4) is 0 Å². The molecule has 0 unspecified atom stereocenters. The number of pyridine rings is 1. The third-order valence-corrected chi connectivity index (χ3v) is 8.73. The fraction of sp³-hybridized carbons (Fsp3) is 0.0606. The molecule has 0 aliphatic carbocycles. The molecule has 0 saturated carbocycles. The number of hydrogen-bond donors (Lipinski definition) is 6. The lowest BCUT2D eigenvalue weighted by Crippen LogP contribution is -2.24. The number of aromatic nitrogens is 4. The number of hydroxylamine groups is 2. The van der Waals surface area contributed by atoms with Gasteiger partial charge in [0.15, 0.2) is 11.5 Å². The molecule has 1 saturated heterocycles. The zero-order valence-electron chi connectivity index (χ0n) is 28.6. The quantitative estimate of drug-likeness (QED) is 0.0133. The molecule has 2 aromatic heterocycles. The summed E-state index contributed by atoms with van der Waals surface area (Å²) < 4.78 is 60.6. The van der Waals surface area contributed by atoms with Crippen molar-refractivity contribution in [2.24, 2.45) is 0 Å². The number of nitro benzene ring substituents is 1. The van der Waals surface area contributed by atoms with E-state index >= 15 is 0 Å². The maximum atomic E-state index is 12.2. The third kappa shape index (κ3) is 13.8. The highest BCUT2D eigenvalue weighted by molar-refractivity contribution is 6.55. The number of H-pyrrole nitrogens is 1. The number of phenols is 3. The van der Waals surface area contributed by atoms with Crippen LogP contribution in [0.25, 0.3) is 11.0 Å². The topological polar surface area (TPSA) is 245 Å². The highest BCUT2D eigenvalue weighted by Crippen LogP contribution is 2.47. The van der Waals surface area contributed by atoms with Gasteiger partial charge in [0.05, 0.1) is 20.0 Å². The van der Waals surface area contributed by atoms with Gasteiger partial charge >= 0.3 is 0 Å². The van der Waals surface area contributed by atoms with Crippen molar-refractivity contribution in [3.63, 3.8) is 0 Å². The molecule has 0 atom stereocenters. The van der Waals surface area contributed by atoms with Crippen molar-refractivity contribution in [2.45, 2.75) is 12.8 Å². The van der Waals surface area contributed by atoms with E-state index in [-0.39, 0.29) is 65.8 Å². The maximum Gasteiger partial charge on any atom is 0.269 e. The van der Waals surface area contributed by atoms with Gasteiger partial charge in [0.2, 0.25) is 34.6 Å². The van der Waals surface area contributed by atoms with Crippen molar-refractivity contribution in [1.82, 2.24) is 25.2 Å². The number of hydrogen-bond acceptors (Lipinski definition) is 12. The van der Waals surface area contributed by atoms with Crippen LogP contribution in [0, 0.1) is 39.2 Å². The van der Waals surface area contributed by atoms with E-state index in [1.54, 1.807) is 30.5 Å². The van der Waals surface area contributed by atoms with Crippen molar-refractivity contribution in [1.29, 1.82) is 0 Å². The summed E-state index contributed by atoms with van der Waals surface area (Å²) in [5.41, 5.74) is 1.26. The minimum Gasteiger partial charge on any atom is -0.508 e. The molecular weight excluding hydrogens is 913 g/mol. The SMILES string of the molecule is O=C1CCC(=O)N1O.O=[N+]([O-])c1ccc(O)cc1.O=c1cccc[nH]1.Oc1c(Cl)c(Cl)c(Cl)c(Cl)c1Cl.Oc1c(F)c(F)c(F)c(F)c1F.On1nnc2ccccc21. The lowest BCUT2D eigenvalue weighted by Gasteiger charge is -2.06. The summed E-state index contributed by atoms with van der Waals surface area (Å²) in [6.07, 6.45) is 1.90. The molecule has 26 heteroatoms. The van der Waals surface area contributed by atoms with Crippen molar-refractivity contribution >= 4 is 86.5 Å². The largest absolute Gasteiger partial charge is 0.508 e. The Kier molecular flexibility index (Phi) is 19.0. The molecule has 16 nitrogen and oxygen atoms in total. The zero-order valence-corrected chi connectivity index (χ0v) is 32.4. The van der Waals surface area contributed by atoms with Gasteiger partial charge in [0.25, 0.3) is 17.5 Å². The highest BCUT2D eigenvalue weighted by Gasteiger charge is 2.27. The number of para-hydroxylation sites is 1. The van der Waals surface area contributed by atoms with Crippen molar-refractivity contribution in [2.75, 3.05) is 0 Å². The summed E-state index contributed by atoms with van der Waals surface area (Å²) >= 11 is 27.9. The normalized spacial score (nSPS) is 11.3. The predicted octanol–water partition coefficient (Wildman–Crippen LogP) is 8.62. The van der Waals surface area contributed by atoms with Crippen LogP contribution >= 0.6 is 58.0 Å². The smallest absolute Gasteiger partial charge is 0.269 e. The Morgan fingerprint density at radius 3 is 1.49 bits per heavy atom. The number of nitrogens with one attached hydrogen (secondary N) is 1. The fourth-order valence-electron chi connectivity index (χ4n) is 3.56. The second-order valence-corrected chi connectivity index (χ2v) is 12.3. The molecule has 2 amide bonds. The first kappa shape index (κ1) is 49.2. The number of nitro groups is 1. The first-order chi connectivity index (χ1) is 27.6. The summed E-state index contributed by atoms with van der Waals surface area (Å²) in [7, 11) is 0. The molecule has 0 radical (unpaired) electrons. The number of carbonyl (C=O) groups excluding carboxylic acids is 2.